The average Bonchev–Trinajstić information content (AvgIpc) is 2.76. The van der Waals surface area contributed by atoms with E-state index in [2.05, 4.69) is 15.3 Å². The van der Waals surface area contributed by atoms with Crippen LogP contribution in [-0.4, -0.2) is 46.4 Å². The van der Waals surface area contributed by atoms with Crippen molar-refractivity contribution in [3.05, 3.63) is 12.4 Å². The van der Waals surface area contributed by atoms with Crippen molar-refractivity contribution >= 4 is 11.8 Å². The van der Waals surface area contributed by atoms with E-state index in [9.17, 15) is 4.79 Å². The maximum atomic E-state index is 11.0. The molecule has 2 heterocycles. The molecule has 0 saturated carbocycles. The zero-order valence-electron chi connectivity index (χ0n) is 10.9. The van der Waals surface area contributed by atoms with E-state index < -0.39 is 11.9 Å². The molecule has 7 heteroatoms. The van der Waals surface area contributed by atoms with Crippen molar-refractivity contribution in [2.24, 2.45) is 5.92 Å². The molecule has 0 amide bonds. The number of carboxylic acid groups (broad SMARTS) is 1. The zero-order valence-corrected chi connectivity index (χ0v) is 10.9. The summed E-state index contributed by atoms with van der Waals surface area (Å²) >= 11 is 0. The topological polar surface area (TPSA) is 93.6 Å². The summed E-state index contributed by atoms with van der Waals surface area (Å²) in [5.41, 5.74) is 0. The zero-order chi connectivity index (χ0) is 13.8. The van der Waals surface area contributed by atoms with Crippen molar-refractivity contribution in [2.75, 3.05) is 18.5 Å². The summed E-state index contributed by atoms with van der Waals surface area (Å²) in [6.07, 6.45) is 1.40. The third-order valence-corrected chi connectivity index (χ3v) is 2.73. The van der Waals surface area contributed by atoms with Crippen LogP contribution in [0.25, 0.3) is 0 Å². The van der Waals surface area contributed by atoms with Crippen molar-refractivity contribution in [1.82, 2.24) is 9.97 Å². The number of nitrogens with zero attached hydrogens (tertiary/aromatic N) is 2. The Kier molecular flexibility index (Phi) is 4.16. The lowest BCUT2D eigenvalue weighted by atomic mass is 10.0. The van der Waals surface area contributed by atoms with E-state index in [0.29, 0.717) is 18.3 Å². The van der Waals surface area contributed by atoms with Crippen LogP contribution in [0.2, 0.25) is 0 Å². The van der Waals surface area contributed by atoms with Crippen LogP contribution in [0.15, 0.2) is 12.4 Å². The van der Waals surface area contributed by atoms with E-state index in [1.165, 1.54) is 6.33 Å². The highest BCUT2D eigenvalue weighted by Crippen LogP contribution is 2.20. The minimum absolute atomic E-state index is 0.0179. The molecule has 1 aliphatic heterocycles. The number of hydrogen-bond donors (Lipinski definition) is 2. The second-order valence-corrected chi connectivity index (χ2v) is 4.64. The highest BCUT2D eigenvalue weighted by Gasteiger charge is 2.34. The number of anilines is 1. The summed E-state index contributed by atoms with van der Waals surface area (Å²) in [5.74, 6) is -0.446. The molecule has 0 radical (unpaired) electrons. The Morgan fingerprint density at radius 3 is 3.00 bits per heavy atom. The predicted octanol–water partition coefficient (Wildman–Crippen LogP) is 0.775. The number of aliphatic carboxylic acids is 1. The van der Waals surface area contributed by atoms with E-state index in [-0.39, 0.29) is 18.8 Å². The lowest BCUT2D eigenvalue weighted by Crippen LogP contribution is -2.33. The molecule has 104 valence electrons. The molecule has 1 aromatic rings. The maximum Gasteiger partial charge on any atom is 0.311 e. The summed E-state index contributed by atoms with van der Waals surface area (Å²) in [7, 11) is 0. The number of aromatic nitrogens is 2. The van der Waals surface area contributed by atoms with Crippen LogP contribution in [0.1, 0.15) is 13.8 Å². The van der Waals surface area contributed by atoms with Crippen LogP contribution in [0.4, 0.5) is 5.82 Å². The Morgan fingerprint density at radius 2 is 2.32 bits per heavy atom. The van der Waals surface area contributed by atoms with E-state index in [4.69, 9.17) is 14.6 Å². The first kappa shape index (κ1) is 13.5. The molecule has 2 unspecified atom stereocenters. The SMILES string of the molecule is CC(C)Oc1cc(NC2COCC2C(=O)O)ncn1. The van der Waals surface area contributed by atoms with E-state index in [1.807, 2.05) is 13.8 Å². The van der Waals surface area contributed by atoms with Gasteiger partial charge in [-0.15, -0.1) is 0 Å². The van der Waals surface area contributed by atoms with Gasteiger partial charge in [-0.25, -0.2) is 9.97 Å². The second-order valence-electron chi connectivity index (χ2n) is 4.64. The van der Waals surface area contributed by atoms with Crippen LogP contribution >= 0.6 is 0 Å². The molecule has 1 aromatic heterocycles. The minimum Gasteiger partial charge on any atom is -0.481 e. The molecule has 2 rings (SSSR count). The minimum atomic E-state index is -0.872. The second kappa shape index (κ2) is 5.83. The summed E-state index contributed by atoms with van der Waals surface area (Å²) in [6, 6.07) is 1.36. The van der Waals surface area contributed by atoms with Gasteiger partial charge in [-0.05, 0) is 13.8 Å². The Bertz CT molecular complexity index is 452. The molecule has 1 saturated heterocycles. The molecule has 0 aliphatic carbocycles. The largest absolute Gasteiger partial charge is 0.481 e. The number of ether oxygens (including phenoxy) is 2. The number of carbonyl (C=O) groups is 1. The number of nitrogens with one attached hydrogen (secondary N) is 1. The van der Waals surface area contributed by atoms with Gasteiger partial charge in [-0.1, -0.05) is 0 Å². The van der Waals surface area contributed by atoms with E-state index in [0.717, 1.165) is 0 Å². The molecule has 2 atom stereocenters. The van der Waals surface area contributed by atoms with Crippen molar-refractivity contribution in [3.63, 3.8) is 0 Å². The number of hydrogen-bond acceptors (Lipinski definition) is 6. The van der Waals surface area contributed by atoms with Crippen LogP contribution in [0.5, 0.6) is 5.88 Å². The van der Waals surface area contributed by atoms with Gasteiger partial charge in [-0.3, -0.25) is 4.79 Å². The van der Waals surface area contributed by atoms with E-state index >= 15 is 0 Å². The van der Waals surface area contributed by atoms with Gasteiger partial charge < -0.3 is 19.9 Å². The van der Waals surface area contributed by atoms with Gasteiger partial charge in [0.1, 0.15) is 18.1 Å². The molecule has 7 nitrogen and oxygen atoms in total. The van der Waals surface area contributed by atoms with Crippen molar-refractivity contribution in [1.29, 1.82) is 0 Å². The monoisotopic (exact) mass is 267 g/mol. The van der Waals surface area contributed by atoms with Gasteiger partial charge in [0.15, 0.2) is 0 Å². The van der Waals surface area contributed by atoms with Crippen molar-refractivity contribution in [3.8, 4) is 5.88 Å². The van der Waals surface area contributed by atoms with Gasteiger partial charge in [0.25, 0.3) is 0 Å². The molecule has 0 aromatic carbocycles. The van der Waals surface area contributed by atoms with Crippen molar-refractivity contribution in [2.45, 2.75) is 26.0 Å². The number of carboxylic acids is 1. The Balaban J connectivity index is 2.04. The molecular weight excluding hydrogens is 250 g/mol. The predicted molar refractivity (Wildman–Crippen MR) is 67.2 cm³/mol. The van der Waals surface area contributed by atoms with E-state index in [1.54, 1.807) is 6.07 Å². The fourth-order valence-corrected chi connectivity index (χ4v) is 1.85. The smallest absolute Gasteiger partial charge is 0.311 e. The molecule has 2 N–H and O–H groups in total. The lowest BCUT2D eigenvalue weighted by molar-refractivity contribution is -0.141. The number of rotatable bonds is 5. The molecule has 0 bridgehead atoms. The highest BCUT2D eigenvalue weighted by molar-refractivity contribution is 5.72. The van der Waals surface area contributed by atoms with Gasteiger partial charge in [0.2, 0.25) is 5.88 Å². The standard InChI is InChI=1S/C12H17N3O4/c1-7(2)19-11-3-10(13-6-14-11)15-9-5-18-4-8(9)12(16)17/h3,6-9H,4-5H2,1-2H3,(H,16,17)(H,13,14,15). The Labute approximate surface area is 111 Å². The van der Waals surface area contributed by atoms with Gasteiger partial charge in [0, 0.05) is 6.07 Å². The molecular formula is C12H17N3O4. The van der Waals surface area contributed by atoms with Crippen LogP contribution in [0.3, 0.4) is 0 Å². The summed E-state index contributed by atoms with van der Waals surface area (Å²) < 4.78 is 10.6. The summed E-state index contributed by atoms with van der Waals surface area (Å²) in [6.45, 7) is 4.37. The fourth-order valence-electron chi connectivity index (χ4n) is 1.85. The fraction of sp³-hybridized carbons (Fsp3) is 0.583. The van der Waals surface area contributed by atoms with Crippen LogP contribution in [-0.2, 0) is 9.53 Å². The molecule has 1 aliphatic rings. The molecule has 0 spiro atoms. The summed E-state index contributed by atoms with van der Waals surface area (Å²) in [5, 5.41) is 12.1. The Morgan fingerprint density at radius 1 is 1.53 bits per heavy atom. The van der Waals surface area contributed by atoms with Crippen molar-refractivity contribution < 1.29 is 19.4 Å². The summed E-state index contributed by atoms with van der Waals surface area (Å²) in [4.78, 5) is 19.1. The lowest BCUT2D eigenvalue weighted by Gasteiger charge is -2.16. The molecule has 19 heavy (non-hydrogen) atoms. The third kappa shape index (κ3) is 3.54. The quantitative estimate of drug-likeness (QED) is 0.814. The maximum absolute atomic E-state index is 11.0. The normalized spacial score (nSPS) is 22.5. The van der Waals surface area contributed by atoms with Gasteiger partial charge >= 0.3 is 5.97 Å². The van der Waals surface area contributed by atoms with Gasteiger partial charge in [-0.2, -0.15) is 0 Å². The van der Waals surface area contributed by atoms with Crippen LogP contribution in [0, 0.1) is 5.92 Å². The Hall–Kier alpha value is -1.89. The molecule has 1 fully saturated rings. The first-order valence-corrected chi connectivity index (χ1v) is 6.12. The van der Waals surface area contributed by atoms with Crippen LogP contribution < -0.4 is 10.1 Å². The van der Waals surface area contributed by atoms with Gasteiger partial charge in [0.05, 0.1) is 25.4 Å². The first-order chi connectivity index (χ1) is 9.06. The third-order valence-electron chi connectivity index (χ3n) is 2.73. The average molecular weight is 267 g/mol. The first-order valence-electron chi connectivity index (χ1n) is 6.12. The highest BCUT2D eigenvalue weighted by atomic mass is 16.5.